The minimum atomic E-state index is -0.373. The number of hydrogen-bond donors (Lipinski definition) is 4. The van der Waals surface area contributed by atoms with Crippen molar-refractivity contribution < 1.29 is 14.3 Å². The zero-order valence-corrected chi connectivity index (χ0v) is 28.2. The summed E-state index contributed by atoms with van der Waals surface area (Å²) in [5.74, 6) is 2.22. The number of carbonyl (C=O) groups excluding carboxylic acids is 2. The van der Waals surface area contributed by atoms with E-state index in [9.17, 15) is 9.59 Å². The molecule has 254 valence electrons. The average Bonchev–Trinajstić information content (AvgIpc) is 3.53. The van der Waals surface area contributed by atoms with E-state index in [4.69, 9.17) is 9.84 Å². The number of ether oxygens (including phenoxy) is 1. The molecule has 0 aliphatic rings. The van der Waals surface area contributed by atoms with E-state index < -0.39 is 0 Å². The molecule has 4 N–H and O–H groups in total. The minimum absolute atomic E-state index is 0.131. The van der Waals surface area contributed by atoms with Crippen LogP contribution >= 0.6 is 0 Å². The molecule has 0 fully saturated rings. The Kier molecular flexibility index (Phi) is 10.6. The molecule has 50 heavy (non-hydrogen) atoms. The van der Waals surface area contributed by atoms with Crippen LogP contribution in [0.25, 0.3) is 16.5 Å². The average molecular weight is 670 g/mol. The van der Waals surface area contributed by atoms with Gasteiger partial charge in [-0.25, -0.2) is 19.4 Å². The van der Waals surface area contributed by atoms with Crippen molar-refractivity contribution in [1.82, 2.24) is 30.0 Å². The van der Waals surface area contributed by atoms with Gasteiger partial charge in [0.1, 0.15) is 29.8 Å². The molecule has 6 rings (SSSR count). The van der Waals surface area contributed by atoms with Crippen molar-refractivity contribution in [3.05, 3.63) is 120 Å². The Bertz CT molecular complexity index is 2090. The number of benzene rings is 3. The van der Waals surface area contributed by atoms with Gasteiger partial charge in [0.05, 0.1) is 41.6 Å². The number of pyridine rings is 1. The largest absolute Gasteiger partial charge is 0.488 e. The summed E-state index contributed by atoms with van der Waals surface area (Å²) in [4.78, 5) is 38.0. The van der Waals surface area contributed by atoms with Gasteiger partial charge in [0.15, 0.2) is 0 Å². The van der Waals surface area contributed by atoms with E-state index in [2.05, 4.69) is 43.1 Å². The molecule has 0 aliphatic carbocycles. The number of hydrogen-bond acceptors (Lipinski definition) is 8. The van der Waals surface area contributed by atoms with Crippen LogP contribution in [0.3, 0.4) is 0 Å². The third kappa shape index (κ3) is 8.40. The molecule has 0 aliphatic heterocycles. The molecule has 0 unspecified atom stereocenters. The predicted octanol–water partition coefficient (Wildman–Crippen LogP) is 7.12. The van der Waals surface area contributed by atoms with Crippen molar-refractivity contribution in [1.29, 1.82) is 0 Å². The molecule has 12 nitrogen and oxygen atoms in total. The molecule has 3 heterocycles. The minimum Gasteiger partial charge on any atom is -0.488 e. The summed E-state index contributed by atoms with van der Waals surface area (Å²) in [6.07, 6.45) is 7.88. The number of nitrogens with zero attached hydrogens (tertiary/aromatic N) is 5. The number of fused-ring (bicyclic) bond motifs is 1. The molecule has 0 radical (unpaired) electrons. The molecular weight excluding hydrogens is 630 g/mol. The lowest BCUT2D eigenvalue weighted by Gasteiger charge is -2.15. The van der Waals surface area contributed by atoms with E-state index in [1.165, 1.54) is 0 Å². The van der Waals surface area contributed by atoms with Crippen molar-refractivity contribution in [3.8, 4) is 11.4 Å². The van der Waals surface area contributed by atoms with Gasteiger partial charge >= 0.3 is 6.03 Å². The van der Waals surface area contributed by atoms with Gasteiger partial charge in [-0.2, -0.15) is 5.10 Å². The Morgan fingerprint density at radius 1 is 0.840 bits per heavy atom. The quantitative estimate of drug-likeness (QED) is 0.102. The van der Waals surface area contributed by atoms with Gasteiger partial charge in [0, 0.05) is 30.1 Å². The fourth-order valence-corrected chi connectivity index (χ4v) is 5.35. The predicted molar refractivity (Wildman–Crippen MR) is 195 cm³/mol. The van der Waals surface area contributed by atoms with Crippen molar-refractivity contribution in [2.75, 3.05) is 23.0 Å². The fraction of sp³-hybridized carbons (Fsp3) is 0.211. The highest BCUT2D eigenvalue weighted by Crippen LogP contribution is 2.32. The third-order valence-corrected chi connectivity index (χ3v) is 8.00. The highest BCUT2D eigenvalue weighted by atomic mass is 16.5. The molecule has 6 aromatic rings. The Hall–Kier alpha value is -6.30. The number of rotatable bonds is 13. The fourth-order valence-electron chi connectivity index (χ4n) is 5.35. The van der Waals surface area contributed by atoms with E-state index in [1.54, 1.807) is 30.3 Å². The maximum absolute atomic E-state index is 13.4. The van der Waals surface area contributed by atoms with Crippen LogP contribution in [0, 0.1) is 6.92 Å². The van der Waals surface area contributed by atoms with Crippen molar-refractivity contribution >= 4 is 45.9 Å². The third-order valence-electron chi connectivity index (χ3n) is 8.00. The van der Waals surface area contributed by atoms with Crippen LogP contribution < -0.4 is 26.0 Å². The lowest BCUT2D eigenvalue weighted by molar-refractivity contribution is -0.120. The summed E-state index contributed by atoms with van der Waals surface area (Å²) in [5.41, 5.74) is 5.06. The maximum Gasteiger partial charge on any atom is 0.324 e. The molecule has 12 heteroatoms. The first-order chi connectivity index (χ1) is 24.4. The smallest absolute Gasteiger partial charge is 0.324 e. The number of carbonyl (C=O) groups is 2. The molecule has 0 saturated heterocycles. The van der Waals surface area contributed by atoms with Gasteiger partial charge in [-0.1, -0.05) is 55.3 Å². The number of likely N-dealkylation sites (N-methyl/N-ethyl adjacent to an activating group) is 1. The van der Waals surface area contributed by atoms with Crippen molar-refractivity contribution in [3.63, 3.8) is 0 Å². The summed E-state index contributed by atoms with van der Waals surface area (Å²) >= 11 is 0. The first kappa shape index (κ1) is 33.6. The van der Waals surface area contributed by atoms with Gasteiger partial charge in [-0.05, 0) is 61.7 Å². The number of aromatic nitrogens is 5. The molecule has 3 aromatic carbocycles. The zero-order valence-electron chi connectivity index (χ0n) is 28.2. The summed E-state index contributed by atoms with van der Waals surface area (Å²) in [6.45, 7) is 4.47. The molecular formula is C38H39N9O3. The number of aryl methyl sites for hydroxylation is 2. The van der Waals surface area contributed by atoms with Crippen LogP contribution in [0.2, 0.25) is 0 Å². The number of anilines is 4. The number of unbranched alkanes of at least 4 members (excludes halogenated alkanes) is 1. The second kappa shape index (κ2) is 15.7. The zero-order chi connectivity index (χ0) is 34.9. The SMILES string of the molecule is CCCCc1cc(NC(=O)Nc2ccc(OCc3ccnc(Nc4cnc(CC(=O)NC)cn4)c3)c3ccccc23)n(-c2ccc(C)cc2)n1. The van der Waals surface area contributed by atoms with Gasteiger partial charge in [-0.15, -0.1) is 0 Å². The van der Waals surface area contributed by atoms with Crippen molar-refractivity contribution in [2.45, 2.75) is 46.1 Å². The summed E-state index contributed by atoms with van der Waals surface area (Å²) in [7, 11) is 1.58. The van der Waals surface area contributed by atoms with Crippen LogP contribution in [0.5, 0.6) is 5.75 Å². The Morgan fingerprint density at radius 3 is 2.42 bits per heavy atom. The van der Waals surface area contributed by atoms with Gasteiger partial charge < -0.3 is 20.7 Å². The van der Waals surface area contributed by atoms with Crippen molar-refractivity contribution in [2.24, 2.45) is 0 Å². The van der Waals surface area contributed by atoms with Gasteiger partial charge in [0.25, 0.3) is 0 Å². The molecule has 0 atom stereocenters. The Balaban J connectivity index is 1.13. The first-order valence-corrected chi connectivity index (χ1v) is 16.5. The van der Waals surface area contributed by atoms with Crippen LogP contribution in [-0.4, -0.2) is 43.7 Å². The van der Waals surface area contributed by atoms with Crippen LogP contribution in [-0.2, 0) is 24.2 Å². The van der Waals surface area contributed by atoms with Crippen LogP contribution in [0.15, 0.2) is 97.5 Å². The normalized spacial score (nSPS) is 10.9. The lowest BCUT2D eigenvalue weighted by atomic mass is 10.1. The Labute approximate surface area is 290 Å². The van der Waals surface area contributed by atoms with E-state index in [1.807, 2.05) is 85.8 Å². The van der Waals surface area contributed by atoms with E-state index in [-0.39, 0.29) is 25.0 Å². The summed E-state index contributed by atoms with van der Waals surface area (Å²) < 4.78 is 8.05. The topological polar surface area (TPSA) is 148 Å². The number of nitrogens with one attached hydrogen (secondary N) is 4. The summed E-state index contributed by atoms with van der Waals surface area (Å²) in [5, 5.41) is 18.2. The standard InChI is InChI=1S/C38H39N9O3/c1-4-5-8-27-20-36(47(46-27)29-13-11-25(2)12-14-29)45-38(49)43-32-15-16-33(31-10-7-6-9-30(31)32)50-24-26-17-18-40-34(19-26)44-35-23-41-28(22-42-35)21-37(48)39-3/h6-7,9-20,22-23H,4-5,8,21,24H2,1-3H3,(H,39,48)(H,40,42,44)(H2,43,45,49). The Morgan fingerprint density at radius 2 is 1.66 bits per heavy atom. The van der Waals surface area contributed by atoms with E-state index in [0.29, 0.717) is 34.6 Å². The summed E-state index contributed by atoms with van der Waals surface area (Å²) in [6, 6.07) is 24.8. The van der Waals surface area contributed by atoms with E-state index >= 15 is 0 Å². The first-order valence-electron chi connectivity index (χ1n) is 16.5. The van der Waals surface area contributed by atoms with Gasteiger partial charge in [-0.3, -0.25) is 15.1 Å². The van der Waals surface area contributed by atoms with Crippen LogP contribution in [0.4, 0.5) is 27.9 Å². The maximum atomic E-state index is 13.4. The highest BCUT2D eigenvalue weighted by Gasteiger charge is 2.15. The molecule has 0 bridgehead atoms. The van der Waals surface area contributed by atoms with Crippen LogP contribution in [0.1, 0.15) is 42.3 Å². The molecule has 0 spiro atoms. The monoisotopic (exact) mass is 669 g/mol. The van der Waals surface area contributed by atoms with E-state index in [0.717, 1.165) is 52.5 Å². The van der Waals surface area contributed by atoms with Gasteiger partial charge in [0.2, 0.25) is 5.91 Å². The number of amides is 3. The second-order valence-electron chi connectivity index (χ2n) is 11.8. The number of urea groups is 1. The lowest BCUT2D eigenvalue weighted by Crippen LogP contribution is -2.21. The highest BCUT2D eigenvalue weighted by molar-refractivity contribution is 6.07. The molecule has 3 aromatic heterocycles. The molecule has 3 amide bonds. The molecule has 0 saturated carbocycles. The second-order valence-corrected chi connectivity index (χ2v) is 11.8.